The lowest BCUT2D eigenvalue weighted by atomic mass is 9.73. The largest absolute Gasteiger partial charge is 0.355 e. The van der Waals surface area contributed by atoms with Crippen molar-refractivity contribution in [2.75, 3.05) is 36.0 Å². The monoisotopic (exact) mass is 462 g/mol. The molecule has 8 nitrogen and oxygen atoms in total. The van der Waals surface area contributed by atoms with Crippen LogP contribution in [0, 0.1) is 12.3 Å². The fourth-order valence-corrected chi connectivity index (χ4v) is 6.01. The van der Waals surface area contributed by atoms with E-state index in [0.29, 0.717) is 5.41 Å². The maximum Gasteiger partial charge on any atom is 0.231 e. The summed E-state index contributed by atoms with van der Waals surface area (Å²) in [5.74, 6) is 3.04. The van der Waals surface area contributed by atoms with Crippen LogP contribution in [0.15, 0.2) is 30.7 Å². The number of hydrogen-bond acceptors (Lipinski definition) is 7. The SMILES string of the molecule is Cc1cncnc1N1CC2(C1)CN(c1nnc3n1-c1ccc(Cl)cc1CN(C1(C)CC1)C3)C2. The van der Waals surface area contributed by atoms with Gasteiger partial charge < -0.3 is 9.80 Å². The van der Waals surface area contributed by atoms with Gasteiger partial charge in [0.15, 0.2) is 5.82 Å². The van der Waals surface area contributed by atoms with Gasteiger partial charge in [0.25, 0.3) is 0 Å². The van der Waals surface area contributed by atoms with Crippen LogP contribution in [0.3, 0.4) is 0 Å². The summed E-state index contributed by atoms with van der Waals surface area (Å²) in [5.41, 5.74) is 4.12. The van der Waals surface area contributed by atoms with Crippen molar-refractivity contribution < 1.29 is 0 Å². The maximum absolute atomic E-state index is 6.41. The van der Waals surface area contributed by atoms with Crippen molar-refractivity contribution >= 4 is 23.4 Å². The normalized spacial score (nSPS) is 22.3. The minimum atomic E-state index is 0.260. The third kappa shape index (κ3) is 3.00. The third-order valence-corrected chi connectivity index (χ3v) is 8.22. The third-order valence-electron chi connectivity index (χ3n) is 7.98. The Balaban J connectivity index is 1.16. The van der Waals surface area contributed by atoms with E-state index in [9.17, 15) is 0 Å². The van der Waals surface area contributed by atoms with Gasteiger partial charge in [-0.25, -0.2) is 9.97 Å². The summed E-state index contributed by atoms with van der Waals surface area (Å²) < 4.78 is 2.27. The molecule has 0 radical (unpaired) electrons. The van der Waals surface area contributed by atoms with Crippen LogP contribution in [-0.2, 0) is 13.1 Å². The maximum atomic E-state index is 6.41. The molecule has 2 saturated heterocycles. The van der Waals surface area contributed by atoms with E-state index >= 15 is 0 Å². The Hall–Kier alpha value is -2.71. The van der Waals surface area contributed by atoms with E-state index < -0.39 is 0 Å². The van der Waals surface area contributed by atoms with Crippen molar-refractivity contribution in [2.45, 2.75) is 45.3 Å². The molecule has 5 heterocycles. The van der Waals surface area contributed by atoms with Crippen molar-refractivity contribution in [3.63, 3.8) is 0 Å². The van der Waals surface area contributed by atoms with Crippen molar-refractivity contribution in [1.82, 2.24) is 29.6 Å². The summed E-state index contributed by atoms with van der Waals surface area (Å²) in [5, 5.41) is 10.1. The Kier molecular flexibility index (Phi) is 3.99. The number of anilines is 2. The van der Waals surface area contributed by atoms with Crippen LogP contribution in [0.4, 0.5) is 11.8 Å². The van der Waals surface area contributed by atoms with Crippen molar-refractivity contribution in [1.29, 1.82) is 0 Å². The van der Waals surface area contributed by atoms with Gasteiger partial charge >= 0.3 is 0 Å². The van der Waals surface area contributed by atoms with Crippen LogP contribution < -0.4 is 9.80 Å². The molecule has 3 aromatic rings. The van der Waals surface area contributed by atoms with Crippen molar-refractivity contribution in [3.8, 4) is 5.69 Å². The Morgan fingerprint density at radius 1 is 1.00 bits per heavy atom. The van der Waals surface area contributed by atoms with Crippen molar-refractivity contribution in [2.24, 2.45) is 5.41 Å². The Labute approximate surface area is 198 Å². The lowest BCUT2D eigenvalue weighted by Gasteiger charge is -2.60. The first-order chi connectivity index (χ1) is 15.9. The van der Waals surface area contributed by atoms with E-state index in [0.717, 1.165) is 73.1 Å². The van der Waals surface area contributed by atoms with Crippen LogP contribution in [0.5, 0.6) is 0 Å². The molecule has 1 saturated carbocycles. The summed E-state index contributed by atoms with van der Waals surface area (Å²) in [6.45, 7) is 10.2. The summed E-state index contributed by atoms with van der Waals surface area (Å²) in [6, 6.07) is 6.22. The first kappa shape index (κ1) is 19.7. The molecule has 1 spiro atoms. The molecular formula is C24H27ClN8. The lowest BCUT2D eigenvalue weighted by molar-refractivity contribution is 0.153. The molecule has 3 fully saturated rings. The van der Waals surface area contributed by atoms with Gasteiger partial charge in [-0.2, -0.15) is 0 Å². The molecule has 170 valence electrons. The van der Waals surface area contributed by atoms with Crippen LogP contribution in [0.2, 0.25) is 5.02 Å². The van der Waals surface area contributed by atoms with E-state index in [1.54, 1.807) is 6.33 Å². The predicted molar refractivity (Wildman–Crippen MR) is 127 cm³/mol. The average molecular weight is 463 g/mol. The highest BCUT2D eigenvalue weighted by Gasteiger charge is 2.54. The smallest absolute Gasteiger partial charge is 0.231 e. The summed E-state index contributed by atoms with van der Waals surface area (Å²) in [4.78, 5) is 15.9. The molecule has 7 rings (SSSR count). The van der Waals surface area contributed by atoms with Gasteiger partial charge in [-0.1, -0.05) is 11.6 Å². The van der Waals surface area contributed by atoms with E-state index in [1.807, 2.05) is 12.3 Å². The minimum absolute atomic E-state index is 0.260. The zero-order valence-corrected chi connectivity index (χ0v) is 19.8. The van der Waals surface area contributed by atoms with E-state index in [-0.39, 0.29) is 5.54 Å². The Morgan fingerprint density at radius 2 is 1.79 bits per heavy atom. The molecule has 4 aliphatic rings. The van der Waals surface area contributed by atoms with Gasteiger partial charge in [0.05, 0.1) is 12.2 Å². The van der Waals surface area contributed by atoms with Crippen molar-refractivity contribution in [3.05, 3.63) is 52.7 Å². The van der Waals surface area contributed by atoms with E-state index in [1.165, 1.54) is 18.4 Å². The number of rotatable bonds is 3. The fourth-order valence-electron chi connectivity index (χ4n) is 5.81. The highest BCUT2D eigenvalue weighted by molar-refractivity contribution is 6.30. The number of nitrogens with zero attached hydrogens (tertiary/aromatic N) is 8. The zero-order chi connectivity index (χ0) is 22.4. The number of hydrogen-bond donors (Lipinski definition) is 0. The lowest BCUT2D eigenvalue weighted by Crippen LogP contribution is -2.73. The molecule has 33 heavy (non-hydrogen) atoms. The van der Waals surface area contributed by atoms with Gasteiger partial charge in [0.1, 0.15) is 12.1 Å². The predicted octanol–water partition coefficient (Wildman–Crippen LogP) is 3.21. The van der Waals surface area contributed by atoms with Gasteiger partial charge in [0.2, 0.25) is 5.95 Å². The summed E-state index contributed by atoms with van der Waals surface area (Å²) in [7, 11) is 0. The van der Waals surface area contributed by atoms with Crippen LogP contribution in [0.25, 0.3) is 5.69 Å². The molecular weight excluding hydrogens is 436 g/mol. The molecule has 0 unspecified atom stereocenters. The first-order valence-corrected chi connectivity index (χ1v) is 12.1. The molecule has 9 heteroatoms. The quantitative estimate of drug-likeness (QED) is 0.592. The number of aryl methyl sites for hydroxylation is 1. The molecule has 0 amide bonds. The second-order valence-corrected chi connectivity index (χ2v) is 11.1. The van der Waals surface area contributed by atoms with Gasteiger partial charge in [-0.3, -0.25) is 9.47 Å². The molecule has 1 aromatic carbocycles. The summed E-state index contributed by atoms with van der Waals surface area (Å²) in [6.07, 6.45) is 6.00. The average Bonchev–Trinajstić information content (AvgIpc) is 3.40. The molecule has 1 aliphatic carbocycles. The highest BCUT2D eigenvalue weighted by atomic mass is 35.5. The molecule has 0 N–H and O–H groups in total. The number of aromatic nitrogens is 5. The second-order valence-electron chi connectivity index (χ2n) is 10.6. The Morgan fingerprint density at radius 3 is 2.55 bits per heavy atom. The minimum Gasteiger partial charge on any atom is -0.355 e. The van der Waals surface area contributed by atoms with E-state index in [4.69, 9.17) is 11.6 Å². The molecule has 3 aliphatic heterocycles. The molecule has 0 bridgehead atoms. The molecule has 0 atom stereocenters. The van der Waals surface area contributed by atoms with Crippen LogP contribution in [-0.4, -0.2) is 61.4 Å². The fraction of sp³-hybridized carbons (Fsp3) is 0.500. The highest BCUT2D eigenvalue weighted by Crippen LogP contribution is 2.46. The van der Waals surface area contributed by atoms with Gasteiger partial charge in [-0.05, 0) is 50.5 Å². The number of benzene rings is 1. The first-order valence-electron chi connectivity index (χ1n) is 11.7. The van der Waals surface area contributed by atoms with Crippen LogP contribution in [0.1, 0.15) is 36.7 Å². The topological polar surface area (TPSA) is 66.2 Å². The molecule has 2 aromatic heterocycles. The number of fused-ring (bicyclic) bond motifs is 3. The summed E-state index contributed by atoms with van der Waals surface area (Å²) >= 11 is 6.41. The standard InChI is InChI=1S/C24H27ClN8/c1-16-8-26-15-27-21(16)30-11-24(12-30)13-31(14-24)22-29-28-20-10-32(23(2)5-6-23)9-17-7-18(25)3-4-19(17)33(20)22/h3-4,7-8,15H,5-6,9-14H2,1-2H3. The van der Waals surface area contributed by atoms with Crippen LogP contribution >= 0.6 is 11.6 Å². The van der Waals surface area contributed by atoms with Gasteiger partial charge in [-0.15, -0.1) is 10.2 Å². The Bertz CT molecular complexity index is 1250. The van der Waals surface area contributed by atoms with Gasteiger partial charge in [0, 0.05) is 60.5 Å². The second kappa shape index (κ2) is 6.67. The van der Waals surface area contributed by atoms with E-state index in [2.05, 4.69) is 65.4 Å². The zero-order valence-electron chi connectivity index (χ0n) is 19.0. The number of halogens is 1.